The molecule has 2 aromatic heterocycles. The van der Waals surface area contributed by atoms with Crippen LogP contribution in [0.15, 0.2) is 27.2 Å². The minimum absolute atomic E-state index is 0.154. The molecule has 0 aromatic carbocycles. The summed E-state index contributed by atoms with van der Waals surface area (Å²) in [5.41, 5.74) is 2.39. The second kappa shape index (κ2) is 5.44. The van der Waals surface area contributed by atoms with Gasteiger partial charge in [0.15, 0.2) is 0 Å². The van der Waals surface area contributed by atoms with Crippen LogP contribution in [-0.4, -0.2) is 6.54 Å². The summed E-state index contributed by atoms with van der Waals surface area (Å²) in [5.74, 6) is 2.88. The average Bonchev–Trinajstić information content (AvgIpc) is 2.87. The third-order valence-electron chi connectivity index (χ3n) is 3.20. The summed E-state index contributed by atoms with van der Waals surface area (Å²) in [5, 5.41) is 3.56. The molecule has 3 nitrogen and oxygen atoms in total. The third-order valence-corrected chi connectivity index (χ3v) is 3.20. The third kappa shape index (κ3) is 2.51. The molecule has 98 valence electrons. The predicted molar refractivity (Wildman–Crippen MR) is 71.8 cm³/mol. The molecule has 1 atom stereocenters. The van der Waals surface area contributed by atoms with Gasteiger partial charge in [0.1, 0.15) is 17.3 Å². The van der Waals surface area contributed by atoms with Crippen molar-refractivity contribution in [2.24, 2.45) is 0 Å². The molecular formula is C15H21NO2. The summed E-state index contributed by atoms with van der Waals surface area (Å²) < 4.78 is 11.1. The monoisotopic (exact) mass is 247 g/mol. The molecule has 0 fully saturated rings. The quantitative estimate of drug-likeness (QED) is 0.871. The lowest BCUT2D eigenvalue weighted by molar-refractivity contribution is 0.489. The standard InChI is InChI=1S/C15H21NO2/c1-5-7-16-15(13-6-8-17-11(13)3)14-9-10(2)18-12(14)4/h6,8-9,15-16H,5,7H2,1-4H3. The van der Waals surface area contributed by atoms with Crippen molar-refractivity contribution in [3.8, 4) is 0 Å². The Kier molecular flexibility index (Phi) is 3.92. The highest BCUT2D eigenvalue weighted by atomic mass is 16.3. The maximum absolute atomic E-state index is 5.64. The van der Waals surface area contributed by atoms with Crippen molar-refractivity contribution in [2.75, 3.05) is 6.54 Å². The first-order valence-electron chi connectivity index (χ1n) is 6.47. The van der Waals surface area contributed by atoms with E-state index in [0.29, 0.717) is 0 Å². The van der Waals surface area contributed by atoms with Gasteiger partial charge >= 0.3 is 0 Å². The summed E-state index contributed by atoms with van der Waals surface area (Å²) >= 11 is 0. The van der Waals surface area contributed by atoms with Gasteiger partial charge in [-0.3, -0.25) is 0 Å². The van der Waals surface area contributed by atoms with Crippen LogP contribution in [-0.2, 0) is 0 Å². The fourth-order valence-electron chi connectivity index (χ4n) is 2.31. The molecule has 2 heterocycles. The molecule has 0 aliphatic rings. The zero-order valence-corrected chi connectivity index (χ0v) is 11.5. The van der Waals surface area contributed by atoms with E-state index >= 15 is 0 Å². The van der Waals surface area contributed by atoms with Crippen LogP contribution in [0.4, 0.5) is 0 Å². The molecule has 0 saturated carbocycles. The predicted octanol–water partition coefficient (Wildman–Crippen LogP) is 3.89. The van der Waals surface area contributed by atoms with Gasteiger partial charge in [0.2, 0.25) is 0 Å². The summed E-state index contributed by atoms with van der Waals surface area (Å²) in [6.07, 6.45) is 2.84. The Labute approximate surface area is 108 Å². The minimum Gasteiger partial charge on any atom is -0.469 e. The molecule has 0 aliphatic carbocycles. The SMILES string of the molecule is CCCNC(c1ccoc1C)c1cc(C)oc1C. The second-order valence-electron chi connectivity index (χ2n) is 4.69. The Morgan fingerprint density at radius 2 is 1.94 bits per heavy atom. The molecule has 1 N–H and O–H groups in total. The first-order chi connectivity index (χ1) is 8.63. The maximum atomic E-state index is 5.64. The molecular weight excluding hydrogens is 226 g/mol. The molecule has 2 aromatic rings. The van der Waals surface area contributed by atoms with Crippen LogP contribution in [0.25, 0.3) is 0 Å². The number of furan rings is 2. The van der Waals surface area contributed by atoms with Crippen molar-refractivity contribution in [3.63, 3.8) is 0 Å². The molecule has 0 radical (unpaired) electrons. The molecule has 0 bridgehead atoms. The summed E-state index contributed by atoms with van der Waals surface area (Å²) in [4.78, 5) is 0. The number of nitrogens with one attached hydrogen (secondary N) is 1. The van der Waals surface area contributed by atoms with Crippen LogP contribution >= 0.6 is 0 Å². The van der Waals surface area contributed by atoms with Gasteiger partial charge in [-0.25, -0.2) is 0 Å². The molecule has 18 heavy (non-hydrogen) atoms. The fraction of sp³-hybridized carbons (Fsp3) is 0.467. The highest BCUT2D eigenvalue weighted by Crippen LogP contribution is 2.29. The lowest BCUT2D eigenvalue weighted by Crippen LogP contribution is -2.23. The normalized spacial score (nSPS) is 12.9. The largest absolute Gasteiger partial charge is 0.469 e. The highest BCUT2D eigenvalue weighted by Gasteiger charge is 2.21. The summed E-state index contributed by atoms with van der Waals surface area (Å²) in [6, 6.07) is 4.29. The van der Waals surface area contributed by atoms with E-state index in [9.17, 15) is 0 Å². The van der Waals surface area contributed by atoms with Gasteiger partial charge in [0.25, 0.3) is 0 Å². The number of aryl methyl sites for hydroxylation is 3. The van der Waals surface area contributed by atoms with E-state index in [2.05, 4.69) is 18.3 Å². The number of hydrogen-bond acceptors (Lipinski definition) is 3. The minimum atomic E-state index is 0.154. The van der Waals surface area contributed by atoms with Gasteiger partial charge in [-0.2, -0.15) is 0 Å². The Hall–Kier alpha value is -1.48. The Bertz CT molecular complexity index is 510. The average molecular weight is 247 g/mol. The van der Waals surface area contributed by atoms with E-state index in [1.807, 2.05) is 26.8 Å². The van der Waals surface area contributed by atoms with Crippen LogP contribution < -0.4 is 5.32 Å². The summed E-state index contributed by atoms with van der Waals surface area (Å²) in [7, 11) is 0. The maximum Gasteiger partial charge on any atom is 0.106 e. The lowest BCUT2D eigenvalue weighted by Gasteiger charge is -2.17. The summed E-state index contributed by atoms with van der Waals surface area (Å²) in [6.45, 7) is 9.13. The van der Waals surface area contributed by atoms with Crippen LogP contribution in [0.5, 0.6) is 0 Å². The molecule has 0 saturated heterocycles. The van der Waals surface area contributed by atoms with E-state index in [1.165, 1.54) is 11.1 Å². The van der Waals surface area contributed by atoms with Crippen molar-refractivity contribution >= 4 is 0 Å². The van der Waals surface area contributed by atoms with Gasteiger partial charge in [-0.1, -0.05) is 6.92 Å². The van der Waals surface area contributed by atoms with E-state index in [-0.39, 0.29) is 6.04 Å². The van der Waals surface area contributed by atoms with Crippen LogP contribution in [0.2, 0.25) is 0 Å². The topological polar surface area (TPSA) is 38.3 Å². The van der Waals surface area contributed by atoms with Crippen molar-refractivity contribution in [1.29, 1.82) is 0 Å². The zero-order valence-electron chi connectivity index (χ0n) is 11.5. The van der Waals surface area contributed by atoms with Gasteiger partial charge in [0.05, 0.1) is 12.3 Å². The Morgan fingerprint density at radius 3 is 2.44 bits per heavy atom. The first kappa shape index (κ1) is 13.0. The van der Waals surface area contributed by atoms with Crippen LogP contribution in [0, 0.1) is 20.8 Å². The molecule has 3 heteroatoms. The van der Waals surface area contributed by atoms with Gasteiger partial charge in [-0.05, 0) is 45.9 Å². The number of rotatable bonds is 5. The Morgan fingerprint density at radius 1 is 1.17 bits per heavy atom. The van der Waals surface area contributed by atoms with E-state index in [4.69, 9.17) is 8.83 Å². The van der Waals surface area contributed by atoms with Gasteiger partial charge in [-0.15, -0.1) is 0 Å². The molecule has 2 rings (SSSR count). The van der Waals surface area contributed by atoms with E-state index in [1.54, 1.807) is 6.26 Å². The lowest BCUT2D eigenvalue weighted by atomic mass is 9.99. The van der Waals surface area contributed by atoms with Crippen molar-refractivity contribution in [1.82, 2.24) is 5.32 Å². The fourth-order valence-corrected chi connectivity index (χ4v) is 2.31. The molecule has 0 spiro atoms. The zero-order chi connectivity index (χ0) is 13.1. The van der Waals surface area contributed by atoms with Gasteiger partial charge in [0, 0.05) is 11.1 Å². The number of hydrogen-bond donors (Lipinski definition) is 1. The molecule has 0 amide bonds. The van der Waals surface area contributed by atoms with Crippen LogP contribution in [0.1, 0.15) is 47.8 Å². The first-order valence-corrected chi connectivity index (χ1v) is 6.47. The van der Waals surface area contributed by atoms with Gasteiger partial charge < -0.3 is 14.2 Å². The highest BCUT2D eigenvalue weighted by molar-refractivity contribution is 5.35. The van der Waals surface area contributed by atoms with Crippen molar-refractivity contribution in [2.45, 2.75) is 40.2 Å². The molecule has 0 aliphatic heterocycles. The van der Waals surface area contributed by atoms with E-state index < -0.39 is 0 Å². The smallest absolute Gasteiger partial charge is 0.106 e. The Balaban J connectivity index is 2.37. The molecule has 1 unspecified atom stereocenters. The van der Waals surface area contributed by atoms with E-state index in [0.717, 1.165) is 30.2 Å². The van der Waals surface area contributed by atoms with Crippen molar-refractivity contribution in [3.05, 3.63) is 46.8 Å². The van der Waals surface area contributed by atoms with Crippen LogP contribution in [0.3, 0.4) is 0 Å². The second-order valence-corrected chi connectivity index (χ2v) is 4.69. The van der Waals surface area contributed by atoms with Crippen molar-refractivity contribution < 1.29 is 8.83 Å².